The molecule has 1 fully saturated rings. The molecule has 0 bridgehead atoms. The van der Waals surface area contributed by atoms with Gasteiger partial charge in [-0.15, -0.1) is 6.58 Å². The Hall–Kier alpha value is -1.88. The van der Waals surface area contributed by atoms with Gasteiger partial charge < -0.3 is 25.4 Å². The summed E-state index contributed by atoms with van der Waals surface area (Å²) in [5.41, 5.74) is 6.56. The first-order valence-corrected chi connectivity index (χ1v) is 9.79. The zero-order chi connectivity index (χ0) is 19.8. The van der Waals surface area contributed by atoms with Crippen molar-refractivity contribution in [3.8, 4) is 0 Å². The molecule has 2 aromatic rings. The van der Waals surface area contributed by atoms with E-state index in [9.17, 15) is 9.67 Å². The van der Waals surface area contributed by atoms with Gasteiger partial charge >= 0.3 is 7.82 Å². The lowest BCUT2D eigenvalue weighted by molar-refractivity contribution is -0.118. The molecule has 2 aromatic heterocycles. The molecule has 0 amide bonds. The quantitative estimate of drug-likeness (QED) is 0.384. The van der Waals surface area contributed by atoms with Crippen molar-refractivity contribution in [3.05, 3.63) is 24.8 Å². The number of anilines is 1. The van der Waals surface area contributed by atoms with Crippen LogP contribution in [0.2, 0.25) is 0 Å². The Kier molecular flexibility index (Phi) is 5.35. The van der Waals surface area contributed by atoms with Crippen LogP contribution in [-0.2, 0) is 19.6 Å². The summed E-state index contributed by atoms with van der Waals surface area (Å²) >= 11 is 0. The Balaban J connectivity index is 1.97. The minimum absolute atomic E-state index is 0.158. The highest BCUT2D eigenvalue weighted by Gasteiger charge is 2.48. The number of nitrogens with two attached hydrogens (primary N) is 1. The molecule has 148 valence electrons. The minimum atomic E-state index is -4.68. The molecule has 11 nitrogen and oxygen atoms in total. The van der Waals surface area contributed by atoms with Crippen molar-refractivity contribution in [1.29, 1.82) is 0 Å². The number of fused-ring (bicyclic) bond motifs is 1. The maximum atomic E-state index is 11.0. The van der Waals surface area contributed by atoms with E-state index in [-0.39, 0.29) is 12.2 Å². The summed E-state index contributed by atoms with van der Waals surface area (Å²) in [6.45, 7) is 5.32. The average molecular weight is 399 g/mol. The maximum absolute atomic E-state index is 11.0. The zero-order valence-electron chi connectivity index (χ0n) is 14.7. The number of nitrogen functional groups attached to an aromatic ring is 1. The number of phosphoric acid groups is 1. The number of aliphatic hydroxyl groups excluding tert-OH is 1. The molecule has 12 heteroatoms. The van der Waals surface area contributed by atoms with Crippen LogP contribution in [0.4, 0.5) is 5.82 Å². The highest BCUT2D eigenvalue weighted by Crippen LogP contribution is 2.43. The first-order valence-electron chi connectivity index (χ1n) is 8.26. The molecule has 1 aliphatic heterocycles. The number of aliphatic hydroxyl groups is 1. The van der Waals surface area contributed by atoms with E-state index in [4.69, 9.17) is 20.3 Å². The second-order valence-electron chi connectivity index (χ2n) is 6.66. The molecular formula is C15H22N5O6P. The molecule has 0 radical (unpaired) electrons. The molecule has 0 unspecified atom stereocenters. The van der Waals surface area contributed by atoms with Crippen molar-refractivity contribution in [2.24, 2.45) is 0 Å². The van der Waals surface area contributed by atoms with Gasteiger partial charge in [-0.05, 0) is 19.8 Å². The van der Waals surface area contributed by atoms with Gasteiger partial charge in [-0.3, -0.25) is 9.09 Å². The van der Waals surface area contributed by atoms with Crippen LogP contribution in [0.5, 0.6) is 0 Å². The van der Waals surface area contributed by atoms with E-state index in [0.29, 0.717) is 24.0 Å². The summed E-state index contributed by atoms with van der Waals surface area (Å²) in [5, 5.41) is 10.4. The molecule has 1 aliphatic rings. The fourth-order valence-electron chi connectivity index (χ4n) is 3.18. The molecule has 5 N–H and O–H groups in total. The van der Waals surface area contributed by atoms with Crippen molar-refractivity contribution in [2.75, 3.05) is 12.3 Å². The van der Waals surface area contributed by atoms with Crippen LogP contribution < -0.4 is 5.73 Å². The molecule has 0 aromatic carbocycles. The van der Waals surface area contributed by atoms with Gasteiger partial charge in [0, 0.05) is 6.42 Å². The van der Waals surface area contributed by atoms with Crippen molar-refractivity contribution < 1.29 is 28.7 Å². The predicted octanol–water partition coefficient (Wildman–Crippen LogP) is 0.677. The van der Waals surface area contributed by atoms with Gasteiger partial charge in [0.15, 0.2) is 17.2 Å². The van der Waals surface area contributed by atoms with Crippen LogP contribution >= 0.6 is 7.82 Å². The third-order valence-electron chi connectivity index (χ3n) is 4.48. The molecule has 3 atom stereocenters. The Labute approximate surface area is 155 Å². The maximum Gasteiger partial charge on any atom is 0.469 e. The molecule has 0 saturated carbocycles. The van der Waals surface area contributed by atoms with Crippen LogP contribution in [0, 0.1) is 0 Å². The number of hydrogen-bond donors (Lipinski definition) is 4. The molecule has 0 spiro atoms. The van der Waals surface area contributed by atoms with Gasteiger partial charge in [0.1, 0.15) is 17.9 Å². The molecule has 1 saturated heterocycles. The largest absolute Gasteiger partial charge is 0.469 e. The number of allylic oxidation sites excluding steroid dienone is 1. The zero-order valence-corrected chi connectivity index (χ0v) is 15.6. The van der Waals surface area contributed by atoms with Gasteiger partial charge in [0.25, 0.3) is 0 Å². The Bertz CT molecular complexity index is 898. The Morgan fingerprint density at radius 2 is 2.26 bits per heavy atom. The van der Waals surface area contributed by atoms with Gasteiger partial charge in [0.05, 0.1) is 19.0 Å². The van der Waals surface area contributed by atoms with Crippen LogP contribution in [-0.4, -0.2) is 53.2 Å². The second kappa shape index (κ2) is 7.27. The number of hydrogen-bond acceptors (Lipinski definition) is 8. The molecular weight excluding hydrogens is 377 g/mol. The van der Waals surface area contributed by atoms with E-state index >= 15 is 0 Å². The number of rotatable bonds is 7. The van der Waals surface area contributed by atoms with Crippen LogP contribution in [0.1, 0.15) is 26.2 Å². The normalized spacial score (nSPS) is 25.9. The van der Waals surface area contributed by atoms with E-state index < -0.39 is 32.4 Å². The lowest BCUT2D eigenvalue weighted by atomic mass is 9.99. The van der Waals surface area contributed by atoms with Gasteiger partial charge in [-0.1, -0.05) is 5.57 Å². The summed E-state index contributed by atoms with van der Waals surface area (Å²) in [7, 11) is -4.68. The van der Waals surface area contributed by atoms with Gasteiger partial charge in [0.2, 0.25) is 0 Å². The molecule has 0 aliphatic carbocycles. The number of imidazole rings is 1. The van der Waals surface area contributed by atoms with Gasteiger partial charge in [-0.25, -0.2) is 19.5 Å². The number of phosphoric ester groups is 1. The second-order valence-corrected chi connectivity index (χ2v) is 7.90. The SMILES string of the molecule is C=C(C)CC[C@]1(n2cnc3c(N)ncnc32)C[C@H](O)[C@@H](COP(=O)(O)O)O1. The topological polar surface area (TPSA) is 166 Å². The van der Waals surface area contributed by atoms with E-state index in [1.54, 1.807) is 4.57 Å². The lowest BCUT2D eigenvalue weighted by Gasteiger charge is -2.31. The van der Waals surface area contributed by atoms with Crippen molar-refractivity contribution in [2.45, 2.75) is 44.1 Å². The monoisotopic (exact) mass is 399 g/mol. The first kappa shape index (κ1) is 19.9. The van der Waals surface area contributed by atoms with Crippen LogP contribution in [0.15, 0.2) is 24.8 Å². The summed E-state index contributed by atoms with van der Waals surface area (Å²) in [5.74, 6) is 0.216. The van der Waals surface area contributed by atoms with Crippen molar-refractivity contribution in [1.82, 2.24) is 19.5 Å². The molecule has 3 heterocycles. The van der Waals surface area contributed by atoms with Crippen molar-refractivity contribution in [3.63, 3.8) is 0 Å². The fraction of sp³-hybridized carbons (Fsp3) is 0.533. The van der Waals surface area contributed by atoms with Crippen LogP contribution in [0.25, 0.3) is 11.2 Å². The highest BCUT2D eigenvalue weighted by atomic mass is 31.2. The first-order chi connectivity index (χ1) is 12.6. The fourth-order valence-corrected chi connectivity index (χ4v) is 3.52. The standard InChI is InChI=1S/C15H22N5O6P/c1-9(2)3-4-15(5-10(21)11(26-15)6-25-27(22,23)24)20-8-19-12-13(16)17-7-18-14(12)20/h7-8,10-11,21H,1,3-6H2,2H3,(H2,16,17,18)(H2,22,23,24)/t10-,11+,15+/m0/s1. The molecule has 27 heavy (non-hydrogen) atoms. The Morgan fingerprint density at radius 3 is 2.93 bits per heavy atom. The van der Waals surface area contributed by atoms with Crippen LogP contribution in [0.3, 0.4) is 0 Å². The van der Waals surface area contributed by atoms with E-state index in [0.717, 1.165) is 5.57 Å². The van der Waals surface area contributed by atoms with E-state index in [2.05, 4.69) is 26.1 Å². The Morgan fingerprint density at radius 1 is 1.52 bits per heavy atom. The summed E-state index contributed by atoms with van der Waals surface area (Å²) in [4.78, 5) is 30.2. The van der Waals surface area contributed by atoms with E-state index in [1.807, 2.05) is 6.92 Å². The van der Waals surface area contributed by atoms with E-state index in [1.165, 1.54) is 12.7 Å². The number of aromatic nitrogens is 4. The van der Waals surface area contributed by atoms with Crippen molar-refractivity contribution >= 4 is 24.8 Å². The number of nitrogens with zero attached hydrogens (tertiary/aromatic N) is 4. The smallest absolute Gasteiger partial charge is 0.390 e. The summed E-state index contributed by atoms with van der Waals surface area (Å²) < 4.78 is 23.2. The van der Waals surface area contributed by atoms with Gasteiger partial charge in [-0.2, -0.15) is 0 Å². The average Bonchev–Trinajstić information content (AvgIpc) is 3.14. The third kappa shape index (κ3) is 4.18. The minimum Gasteiger partial charge on any atom is -0.390 e. The highest BCUT2D eigenvalue weighted by molar-refractivity contribution is 7.46. The predicted molar refractivity (Wildman–Crippen MR) is 95.3 cm³/mol. The number of ether oxygens (including phenoxy) is 1. The summed E-state index contributed by atoms with van der Waals surface area (Å²) in [6.07, 6.45) is 2.08. The molecule has 3 rings (SSSR count). The lowest BCUT2D eigenvalue weighted by Crippen LogP contribution is -2.34. The third-order valence-corrected chi connectivity index (χ3v) is 4.96. The summed E-state index contributed by atoms with van der Waals surface area (Å²) in [6, 6.07) is 0.